The third-order valence-electron chi connectivity index (χ3n) is 4.75. The maximum absolute atomic E-state index is 12.6. The van der Waals surface area contributed by atoms with Crippen LogP contribution in [-0.4, -0.2) is 43.5 Å². The van der Waals surface area contributed by atoms with Crippen molar-refractivity contribution in [2.45, 2.75) is 12.8 Å². The molecule has 1 fully saturated rings. The van der Waals surface area contributed by atoms with Crippen LogP contribution in [0.3, 0.4) is 0 Å². The predicted octanol–water partition coefficient (Wildman–Crippen LogP) is 2.53. The number of piperidine rings is 1. The monoisotopic (exact) mass is 383 g/mol. The summed E-state index contributed by atoms with van der Waals surface area (Å²) in [5.41, 5.74) is 6.95. The topological polar surface area (TPSA) is 93.9 Å². The van der Waals surface area contributed by atoms with Crippen LogP contribution in [0.1, 0.15) is 12.8 Å². The van der Waals surface area contributed by atoms with Gasteiger partial charge in [0.1, 0.15) is 11.5 Å². The molecule has 0 bridgehead atoms. The van der Waals surface area contributed by atoms with Crippen molar-refractivity contribution in [3.8, 4) is 11.5 Å². The van der Waals surface area contributed by atoms with Crippen LogP contribution < -0.4 is 20.5 Å². The largest absolute Gasteiger partial charge is 0.495 e. The third-order valence-corrected chi connectivity index (χ3v) is 4.75. The minimum Gasteiger partial charge on any atom is -0.495 e. The second-order valence-corrected chi connectivity index (χ2v) is 6.73. The highest BCUT2D eigenvalue weighted by molar-refractivity contribution is 5.93. The molecule has 2 aromatic rings. The van der Waals surface area contributed by atoms with E-state index in [1.54, 1.807) is 42.3 Å². The smallest absolute Gasteiger partial charge is 0.260 e. The van der Waals surface area contributed by atoms with Crippen molar-refractivity contribution in [3.63, 3.8) is 0 Å². The van der Waals surface area contributed by atoms with Crippen molar-refractivity contribution in [1.29, 1.82) is 0 Å². The number of nitrogens with two attached hydrogens (primary N) is 1. The van der Waals surface area contributed by atoms with E-state index in [1.165, 1.54) is 0 Å². The zero-order valence-corrected chi connectivity index (χ0v) is 15.9. The lowest BCUT2D eigenvalue weighted by Crippen LogP contribution is -2.45. The Kier molecular flexibility index (Phi) is 6.37. The Labute approximate surface area is 164 Å². The van der Waals surface area contributed by atoms with Gasteiger partial charge in [-0.25, -0.2) is 0 Å². The number of nitrogens with one attached hydrogen (secondary N) is 1. The average Bonchev–Trinajstić information content (AvgIpc) is 2.73. The number of likely N-dealkylation sites (tertiary alicyclic amines) is 1. The predicted molar refractivity (Wildman–Crippen MR) is 107 cm³/mol. The summed E-state index contributed by atoms with van der Waals surface area (Å²) < 4.78 is 10.7. The molecule has 1 aliphatic heterocycles. The number of anilines is 2. The van der Waals surface area contributed by atoms with Gasteiger partial charge in [-0.3, -0.25) is 9.59 Å². The van der Waals surface area contributed by atoms with Gasteiger partial charge in [0.2, 0.25) is 5.91 Å². The molecule has 1 heterocycles. The Hall–Kier alpha value is -3.22. The summed E-state index contributed by atoms with van der Waals surface area (Å²) in [4.78, 5) is 26.8. The van der Waals surface area contributed by atoms with E-state index in [1.807, 2.05) is 18.2 Å². The minimum absolute atomic E-state index is 0.0344. The number of ether oxygens (including phenoxy) is 2. The van der Waals surface area contributed by atoms with E-state index in [0.717, 1.165) is 12.8 Å². The van der Waals surface area contributed by atoms with Crippen molar-refractivity contribution >= 4 is 23.2 Å². The number of nitrogen functional groups attached to an aromatic ring is 1. The number of benzene rings is 2. The van der Waals surface area contributed by atoms with Gasteiger partial charge in [0.15, 0.2) is 6.61 Å². The number of hydrogen-bond acceptors (Lipinski definition) is 5. The summed E-state index contributed by atoms with van der Waals surface area (Å²) in [6, 6.07) is 14.3. The van der Waals surface area contributed by atoms with Crippen LogP contribution in [0, 0.1) is 5.92 Å². The standard InChI is InChI=1S/C21H25N3O4/c1-27-19-10-9-16(12-18(19)22)23-21(26)15-6-5-11-24(13-15)20(25)14-28-17-7-3-2-4-8-17/h2-4,7-10,12,15H,5-6,11,13-14,22H2,1H3,(H,23,26). The summed E-state index contributed by atoms with van der Waals surface area (Å²) in [6.07, 6.45) is 1.51. The van der Waals surface area contributed by atoms with E-state index in [4.69, 9.17) is 15.2 Å². The number of carbonyl (C=O) groups excluding carboxylic acids is 2. The molecule has 2 amide bonds. The molecular weight excluding hydrogens is 358 g/mol. The van der Waals surface area contributed by atoms with E-state index < -0.39 is 0 Å². The minimum atomic E-state index is -0.266. The first-order valence-electron chi connectivity index (χ1n) is 9.27. The molecule has 0 aromatic heterocycles. The molecule has 148 valence electrons. The second kappa shape index (κ2) is 9.12. The molecular formula is C21H25N3O4. The Bertz CT molecular complexity index is 826. The Morgan fingerprint density at radius 1 is 1.21 bits per heavy atom. The zero-order valence-electron chi connectivity index (χ0n) is 15.9. The van der Waals surface area contributed by atoms with Crippen LogP contribution in [0.15, 0.2) is 48.5 Å². The fourth-order valence-electron chi connectivity index (χ4n) is 3.23. The van der Waals surface area contributed by atoms with E-state index in [-0.39, 0.29) is 24.3 Å². The van der Waals surface area contributed by atoms with Crippen LogP contribution in [-0.2, 0) is 9.59 Å². The van der Waals surface area contributed by atoms with Crippen molar-refractivity contribution in [2.75, 3.05) is 37.9 Å². The first kappa shape index (κ1) is 19.5. The van der Waals surface area contributed by atoms with Crippen LogP contribution >= 0.6 is 0 Å². The summed E-state index contributed by atoms with van der Waals surface area (Å²) in [6.45, 7) is 0.984. The van der Waals surface area contributed by atoms with E-state index >= 15 is 0 Å². The molecule has 3 rings (SSSR count). The SMILES string of the molecule is COc1ccc(NC(=O)C2CCCN(C(=O)COc3ccccc3)C2)cc1N. The maximum atomic E-state index is 12.6. The number of amides is 2. The summed E-state index contributed by atoms with van der Waals surface area (Å²) in [5.74, 6) is 0.712. The highest BCUT2D eigenvalue weighted by Crippen LogP contribution is 2.26. The maximum Gasteiger partial charge on any atom is 0.260 e. The Morgan fingerprint density at radius 2 is 2.00 bits per heavy atom. The average molecular weight is 383 g/mol. The highest BCUT2D eigenvalue weighted by atomic mass is 16.5. The number of hydrogen-bond donors (Lipinski definition) is 2. The lowest BCUT2D eigenvalue weighted by Gasteiger charge is -2.32. The van der Waals surface area contributed by atoms with Gasteiger partial charge in [-0.15, -0.1) is 0 Å². The van der Waals surface area contributed by atoms with Gasteiger partial charge in [0, 0.05) is 18.8 Å². The van der Waals surface area contributed by atoms with Gasteiger partial charge < -0.3 is 25.4 Å². The second-order valence-electron chi connectivity index (χ2n) is 6.73. The van der Waals surface area contributed by atoms with E-state index in [2.05, 4.69) is 5.32 Å². The van der Waals surface area contributed by atoms with Crippen molar-refractivity contribution in [1.82, 2.24) is 4.90 Å². The van der Waals surface area contributed by atoms with Gasteiger partial charge in [-0.05, 0) is 43.2 Å². The van der Waals surface area contributed by atoms with Crippen LogP contribution in [0.5, 0.6) is 11.5 Å². The van der Waals surface area contributed by atoms with Gasteiger partial charge in [0.05, 0.1) is 18.7 Å². The van der Waals surface area contributed by atoms with Crippen LogP contribution in [0.4, 0.5) is 11.4 Å². The lowest BCUT2D eigenvalue weighted by atomic mass is 9.97. The number of methoxy groups -OCH3 is 1. The summed E-state index contributed by atoms with van der Waals surface area (Å²) in [7, 11) is 1.54. The number of rotatable bonds is 6. The molecule has 1 saturated heterocycles. The molecule has 7 heteroatoms. The number of carbonyl (C=O) groups is 2. The first-order valence-corrected chi connectivity index (χ1v) is 9.27. The molecule has 1 unspecified atom stereocenters. The molecule has 1 atom stereocenters. The summed E-state index contributed by atoms with van der Waals surface area (Å²) in [5, 5.41) is 2.88. The van der Waals surface area contributed by atoms with Crippen LogP contribution in [0.2, 0.25) is 0 Å². The van der Waals surface area contributed by atoms with Gasteiger partial charge in [-0.2, -0.15) is 0 Å². The molecule has 2 aromatic carbocycles. The summed E-state index contributed by atoms with van der Waals surface area (Å²) >= 11 is 0. The fourth-order valence-corrected chi connectivity index (χ4v) is 3.23. The number of para-hydroxylation sites is 1. The van der Waals surface area contributed by atoms with Gasteiger partial charge >= 0.3 is 0 Å². The highest BCUT2D eigenvalue weighted by Gasteiger charge is 2.28. The first-order chi connectivity index (χ1) is 13.6. The third kappa shape index (κ3) is 4.94. The molecule has 0 saturated carbocycles. The fraction of sp³-hybridized carbons (Fsp3) is 0.333. The Morgan fingerprint density at radius 3 is 2.71 bits per heavy atom. The number of nitrogens with zero attached hydrogens (tertiary/aromatic N) is 1. The molecule has 1 aliphatic rings. The zero-order chi connectivity index (χ0) is 19.9. The van der Waals surface area contributed by atoms with Gasteiger partial charge in [-0.1, -0.05) is 18.2 Å². The van der Waals surface area contributed by atoms with E-state index in [0.29, 0.717) is 36.0 Å². The Balaban J connectivity index is 1.54. The lowest BCUT2D eigenvalue weighted by molar-refractivity contribution is -0.136. The van der Waals surface area contributed by atoms with Gasteiger partial charge in [0.25, 0.3) is 5.91 Å². The quantitative estimate of drug-likeness (QED) is 0.748. The molecule has 3 N–H and O–H groups in total. The van der Waals surface area contributed by atoms with Crippen molar-refractivity contribution in [3.05, 3.63) is 48.5 Å². The molecule has 0 radical (unpaired) electrons. The molecule has 0 aliphatic carbocycles. The normalized spacial score (nSPS) is 16.3. The molecule has 7 nitrogen and oxygen atoms in total. The van der Waals surface area contributed by atoms with E-state index in [9.17, 15) is 9.59 Å². The van der Waals surface area contributed by atoms with Crippen LogP contribution in [0.25, 0.3) is 0 Å². The molecule has 28 heavy (non-hydrogen) atoms. The van der Waals surface area contributed by atoms with Crippen molar-refractivity contribution in [2.24, 2.45) is 5.92 Å². The molecule has 0 spiro atoms. The van der Waals surface area contributed by atoms with Crippen molar-refractivity contribution < 1.29 is 19.1 Å².